The summed E-state index contributed by atoms with van der Waals surface area (Å²) in [4.78, 5) is 0.938. The van der Waals surface area contributed by atoms with Crippen molar-refractivity contribution in [3.05, 3.63) is 39.7 Å². The molecule has 0 aliphatic heterocycles. The number of halogens is 1. The molecule has 3 N–H and O–H groups in total. The summed E-state index contributed by atoms with van der Waals surface area (Å²) in [6.45, 7) is 0. The minimum absolute atomic E-state index is 0.0838. The molecule has 0 amide bonds. The number of amidine groups is 1. The Hall–Kier alpha value is -1.22. The second kappa shape index (κ2) is 5.61. The average molecular weight is 374 g/mol. The molecule has 0 radical (unpaired) electrons. The van der Waals surface area contributed by atoms with Crippen molar-refractivity contribution >= 4 is 40.2 Å². The van der Waals surface area contributed by atoms with Gasteiger partial charge in [0.15, 0.2) is 5.84 Å². The van der Waals surface area contributed by atoms with Gasteiger partial charge in [0.1, 0.15) is 0 Å². The highest BCUT2D eigenvalue weighted by atomic mass is 127. The average Bonchev–Trinajstić information content (AvgIpc) is 2.83. The molecular weight excluding hydrogens is 363 g/mol. The Kier molecular flexibility index (Phi) is 4.12. The Labute approximate surface area is 122 Å². The van der Waals surface area contributed by atoms with E-state index in [0.717, 1.165) is 14.2 Å². The Bertz CT molecular complexity index is 596. The quantitative estimate of drug-likeness (QED) is 0.216. The predicted octanol–water partition coefficient (Wildman–Crippen LogP) is 2.29. The van der Waals surface area contributed by atoms with Crippen LogP contribution in [0.25, 0.3) is 5.69 Å². The van der Waals surface area contributed by atoms with Gasteiger partial charge in [0.05, 0.1) is 21.0 Å². The lowest BCUT2D eigenvalue weighted by Crippen LogP contribution is -2.17. The summed E-state index contributed by atoms with van der Waals surface area (Å²) in [6.07, 6.45) is 5.58. The first-order valence-corrected chi connectivity index (χ1v) is 7.33. The Morgan fingerprint density at radius 3 is 2.89 bits per heavy atom. The van der Waals surface area contributed by atoms with Crippen molar-refractivity contribution in [2.45, 2.75) is 4.90 Å². The molecule has 0 fully saturated rings. The number of hydrogen-bond donors (Lipinski definition) is 2. The second-order valence-electron chi connectivity index (χ2n) is 3.44. The predicted molar refractivity (Wildman–Crippen MR) is 80.6 cm³/mol. The zero-order valence-electron chi connectivity index (χ0n) is 9.54. The fraction of sp³-hybridized carbons (Fsp3) is 0.0909. The van der Waals surface area contributed by atoms with Crippen molar-refractivity contribution in [2.24, 2.45) is 10.9 Å². The van der Waals surface area contributed by atoms with Crippen LogP contribution in [0.5, 0.6) is 0 Å². The minimum atomic E-state index is 0.0838. The van der Waals surface area contributed by atoms with Crippen molar-refractivity contribution < 1.29 is 5.21 Å². The summed E-state index contributed by atoms with van der Waals surface area (Å²) in [5.41, 5.74) is 7.24. The van der Waals surface area contributed by atoms with Crippen LogP contribution in [0.1, 0.15) is 5.56 Å². The van der Waals surface area contributed by atoms with Crippen LogP contribution in [-0.2, 0) is 0 Å². The van der Waals surface area contributed by atoms with Gasteiger partial charge in [0, 0.05) is 11.1 Å². The maximum absolute atomic E-state index is 8.91. The zero-order valence-corrected chi connectivity index (χ0v) is 12.5. The summed E-state index contributed by atoms with van der Waals surface area (Å²) in [5.74, 6) is 0.0838. The molecule has 94 valence electrons. The number of oxime groups is 1. The smallest absolute Gasteiger partial charge is 0.173 e. The molecule has 0 saturated heterocycles. The minimum Gasteiger partial charge on any atom is -0.409 e. The molecule has 0 unspecified atom stereocenters. The lowest BCUT2D eigenvalue weighted by atomic mass is 10.1. The summed E-state index contributed by atoms with van der Waals surface area (Å²) < 4.78 is 2.74. The maximum Gasteiger partial charge on any atom is 0.173 e. The molecule has 1 aromatic heterocycles. The van der Waals surface area contributed by atoms with Crippen molar-refractivity contribution in [2.75, 3.05) is 6.26 Å². The monoisotopic (exact) mass is 374 g/mol. The molecule has 18 heavy (non-hydrogen) atoms. The van der Waals surface area contributed by atoms with Crippen molar-refractivity contribution in [1.82, 2.24) is 9.78 Å². The molecule has 1 heterocycles. The number of nitrogens with zero attached hydrogens (tertiary/aromatic N) is 3. The fourth-order valence-corrected chi connectivity index (χ4v) is 2.64. The molecule has 0 aliphatic carbocycles. The SMILES string of the molecule is CSc1cccc(-n2cc(I)cn2)c1/C(N)=N/O. The number of nitrogens with two attached hydrogens (primary N) is 1. The standard InChI is InChI=1S/C11H11IN4OS/c1-18-9-4-2-3-8(10(9)11(13)15-17)16-6-7(12)5-14-16/h2-6,17H,1H3,(H2,13,15). The summed E-state index contributed by atoms with van der Waals surface area (Å²) in [6, 6.07) is 5.73. The van der Waals surface area contributed by atoms with Crippen LogP contribution in [0, 0.1) is 3.57 Å². The van der Waals surface area contributed by atoms with Crippen molar-refractivity contribution in [3.8, 4) is 5.69 Å². The van der Waals surface area contributed by atoms with E-state index in [4.69, 9.17) is 10.9 Å². The van der Waals surface area contributed by atoms with E-state index in [-0.39, 0.29) is 5.84 Å². The molecule has 0 saturated carbocycles. The van der Waals surface area contributed by atoms with Gasteiger partial charge < -0.3 is 10.9 Å². The summed E-state index contributed by atoms with van der Waals surface area (Å²) >= 11 is 3.72. The summed E-state index contributed by atoms with van der Waals surface area (Å²) in [5, 5.41) is 16.3. The van der Waals surface area contributed by atoms with E-state index in [1.54, 1.807) is 10.9 Å². The molecular formula is C11H11IN4OS. The Morgan fingerprint density at radius 1 is 1.56 bits per heavy atom. The van der Waals surface area contributed by atoms with E-state index in [1.807, 2.05) is 30.7 Å². The first kappa shape index (κ1) is 13.2. The molecule has 1 aromatic carbocycles. The van der Waals surface area contributed by atoms with E-state index in [1.165, 1.54) is 11.8 Å². The van der Waals surface area contributed by atoms with Gasteiger partial charge in [-0.2, -0.15) is 5.10 Å². The normalized spacial score (nSPS) is 11.8. The Morgan fingerprint density at radius 2 is 2.33 bits per heavy atom. The largest absolute Gasteiger partial charge is 0.409 e. The molecule has 0 bridgehead atoms. The third kappa shape index (κ3) is 2.46. The third-order valence-electron chi connectivity index (χ3n) is 2.39. The van der Waals surface area contributed by atoms with E-state index in [9.17, 15) is 0 Å². The lowest BCUT2D eigenvalue weighted by molar-refractivity contribution is 0.318. The zero-order chi connectivity index (χ0) is 13.1. The fourth-order valence-electron chi connectivity index (χ4n) is 1.62. The van der Waals surface area contributed by atoms with Crippen LogP contribution in [0.2, 0.25) is 0 Å². The van der Waals surface area contributed by atoms with Gasteiger partial charge in [-0.05, 0) is 41.0 Å². The van der Waals surface area contributed by atoms with Gasteiger partial charge in [0.2, 0.25) is 0 Å². The van der Waals surface area contributed by atoms with Gasteiger partial charge >= 0.3 is 0 Å². The molecule has 2 aromatic rings. The van der Waals surface area contributed by atoms with Crippen LogP contribution in [0.3, 0.4) is 0 Å². The highest BCUT2D eigenvalue weighted by Gasteiger charge is 2.14. The molecule has 2 rings (SSSR count). The third-order valence-corrected chi connectivity index (χ3v) is 3.72. The number of thioether (sulfide) groups is 1. The van der Waals surface area contributed by atoms with E-state index >= 15 is 0 Å². The maximum atomic E-state index is 8.91. The van der Waals surface area contributed by atoms with Crippen LogP contribution >= 0.6 is 34.4 Å². The van der Waals surface area contributed by atoms with Crippen LogP contribution in [-0.4, -0.2) is 27.1 Å². The van der Waals surface area contributed by atoms with Crippen molar-refractivity contribution in [3.63, 3.8) is 0 Å². The van der Waals surface area contributed by atoms with E-state index in [2.05, 4.69) is 32.8 Å². The van der Waals surface area contributed by atoms with Crippen molar-refractivity contribution in [1.29, 1.82) is 0 Å². The Balaban J connectivity index is 2.67. The lowest BCUT2D eigenvalue weighted by Gasteiger charge is -2.12. The van der Waals surface area contributed by atoms with Gasteiger partial charge in [-0.25, -0.2) is 4.68 Å². The molecule has 0 aliphatic rings. The highest BCUT2D eigenvalue weighted by molar-refractivity contribution is 14.1. The first-order valence-electron chi connectivity index (χ1n) is 5.03. The highest BCUT2D eigenvalue weighted by Crippen LogP contribution is 2.26. The van der Waals surface area contributed by atoms with Crippen LogP contribution < -0.4 is 5.73 Å². The molecule has 7 heteroatoms. The van der Waals surface area contributed by atoms with Gasteiger partial charge in [0.25, 0.3) is 0 Å². The van der Waals surface area contributed by atoms with Gasteiger partial charge in [-0.15, -0.1) is 11.8 Å². The van der Waals surface area contributed by atoms with Crippen LogP contribution in [0.4, 0.5) is 0 Å². The first-order chi connectivity index (χ1) is 8.67. The number of rotatable bonds is 3. The van der Waals surface area contributed by atoms with E-state index < -0.39 is 0 Å². The van der Waals surface area contributed by atoms with E-state index in [0.29, 0.717) is 5.56 Å². The molecule has 5 nitrogen and oxygen atoms in total. The van der Waals surface area contributed by atoms with Gasteiger partial charge in [-0.3, -0.25) is 0 Å². The second-order valence-corrected chi connectivity index (χ2v) is 5.54. The number of benzene rings is 1. The number of hydrogen-bond acceptors (Lipinski definition) is 4. The summed E-state index contributed by atoms with van der Waals surface area (Å²) in [7, 11) is 0. The molecule has 0 spiro atoms. The number of aromatic nitrogens is 2. The van der Waals surface area contributed by atoms with Crippen LogP contribution in [0.15, 0.2) is 40.6 Å². The topological polar surface area (TPSA) is 76.4 Å². The van der Waals surface area contributed by atoms with Gasteiger partial charge in [-0.1, -0.05) is 11.2 Å². The molecule has 0 atom stereocenters.